The van der Waals surface area contributed by atoms with Crippen molar-refractivity contribution in [3.63, 3.8) is 0 Å². The van der Waals surface area contributed by atoms with E-state index in [1.807, 2.05) is 0 Å². The summed E-state index contributed by atoms with van der Waals surface area (Å²) >= 11 is 0. The second-order valence-electron chi connectivity index (χ2n) is 2.54. The summed E-state index contributed by atoms with van der Waals surface area (Å²) in [5, 5.41) is 0. The highest BCUT2D eigenvalue weighted by Crippen LogP contribution is 1.99. The zero-order chi connectivity index (χ0) is 10.3. The van der Waals surface area contributed by atoms with E-state index in [0.29, 0.717) is 12.0 Å². The van der Waals surface area contributed by atoms with Crippen molar-refractivity contribution in [2.75, 3.05) is 6.61 Å². The Kier molecular flexibility index (Phi) is 5.48. The van der Waals surface area contributed by atoms with Crippen LogP contribution in [-0.4, -0.2) is 24.7 Å². The maximum absolute atomic E-state index is 10.9. The van der Waals surface area contributed by atoms with E-state index < -0.39 is 12.0 Å². The molecule has 0 heterocycles. The Labute approximate surface area is 77.3 Å². The van der Waals surface area contributed by atoms with Crippen LogP contribution in [0.3, 0.4) is 0 Å². The molecular weight excluding hydrogens is 170 g/mol. The first-order valence-electron chi connectivity index (χ1n) is 3.80. The topological polar surface area (TPSA) is 55.7 Å². The third-order valence-electron chi connectivity index (χ3n) is 1.32. The third-order valence-corrected chi connectivity index (χ3v) is 1.32. The number of ether oxygens (including phenoxy) is 1. The SMILES string of the molecule is [CH2]CC(COC(=O)C(=C)C)N=C=O. The van der Waals surface area contributed by atoms with E-state index in [9.17, 15) is 9.59 Å². The molecule has 0 aliphatic rings. The Balaban J connectivity index is 3.91. The van der Waals surface area contributed by atoms with Gasteiger partial charge in [-0.2, -0.15) is 4.99 Å². The Bertz CT molecular complexity index is 241. The maximum Gasteiger partial charge on any atom is 0.333 e. The van der Waals surface area contributed by atoms with Crippen LogP contribution in [0.2, 0.25) is 0 Å². The lowest BCUT2D eigenvalue weighted by Gasteiger charge is -2.08. The minimum absolute atomic E-state index is 0.0461. The summed E-state index contributed by atoms with van der Waals surface area (Å²) in [5.74, 6) is -0.487. The summed E-state index contributed by atoms with van der Waals surface area (Å²) in [6.45, 7) is 8.54. The van der Waals surface area contributed by atoms with Crippen LogP contribution in [0.25, 0.3) is 0 Å². The van der Waals surface area contributed by atoms with Gasteiger partial charge in [0.1, 0.15) is 6.61 Å². The van der Waals surface area contributed by atoms with Crippen molar-refractivity contribution in [1.82, 2.24) is 0 Å². The molecule has 0 aromatic rings. The van der Waals surface area contributed by atoms with Gasteiger partial charge in [0.25, 0.3) is 0 Å². The molecule has 1 unspecified atom stereocenters. The minimum atomic E-state index is -0.487. The number of carbonyl (C=O) groups excluding carboxylic acids is 2. The monoisotopic (exact) mass is 182 g/mol. The Morgan fingerprint density at radius 1 is 1.69 bits per heavy atom. The fourth-order valence-corrected chi connectivity index (χ4v) is 0.555. The first-order valence-corrected chi connectivity index (χ1v) is 3.80. The number of rotatable bonds is 5. The number of hydrogen-bond acceptors (Lipinski definition) is 4. The van der Waals surface area contributed by atoms with E-state index in [2.05, 4.69) is 18.5 Å². The van der Waals surface area contributed by atoms with Gasteiger partial charge in [0.2, 0.25) is 6.08 Å². The Morgan fingerprint density at radius 2 is 2.31 bits per heavy atom. The molecule has 0 amide bonds. The molecule has 0 spiro atoms. The summed E-state index contributed by atoms with van der Waals surface area (Å²) in [6.07, 6.45) is 1.78. The van der Waals surface area contributed by atoms with E-state index >= 15 is 0 Å². The van der Waals surface area contributed by atoms with Crippen LogP contribution in [0.5, 0.6) is 0 Å². The fraction of sp³-hybridized carbons (Fsp3) is 0.444. The van der Waals surface area contributed by atoms with Gasteiger partial charge in [0.05, 0.1) is 6.04 Å². The first-order chi connectivity index (χ1) is 6.11. The first kappa shape index (κ1) is 11.6. The molecule has 0 aromatic carbocycles. The van der Waals surface area contributed by atoms with Gasteiger partial charge >= 0.3 is 5.97 Å². The third kappa shape index (κ3) is 4.93. The van der Waals surface area contributed by atoms with Crippen molar-refractivity contribution in [2.24, 2.45) is 4.99 Å². The number of isocyanates is 1. The van der Waals surface area contributed by atoms with Crippen LogP contribution in [0.4, 0.5) is 0 Å². The molecule has 4 heteroatoms. The van der Waals surface area contributed by atoms with Crippen LogP contribution in [0.15, 0.2) is 17.1 Å². The molecule has 4 nitrogen and oxygen atoms in total. The van der Waals surface area contributed by atoms with Gasteiger partial charge in [-0.3, -0.25) is 0 Å². The molecule has 1 radical (unpaired) electrons. The summed E-state index contributed by atoms with van der Waals surface area (Å²) < 4.78 is 4.76. The summed E-state index contributed by atoms with van der Waals surface area (Å²) in [6, 6.07) is -0.402. The molecule has 0 aromatic heterocycles. The predicted molar refractivity (Wildman–Crippen MR) is 47.7 cm³/mol. The molecule has 13 heavy (non-hydrogen) atoms. The van der Waals surface area contributed by atoms with Crippen LogP contribution in [-0.2, 0) is 14.3 Å². The van der Waals surface area contributed by atoms with Gasteiger partial charge in [-0.25, -0.2) is 9.59 Å². The summed E-state index contributed by atoms with van der Waals surface area (Å²) in [5.41, 5.74) is 0.317. The zero-order valence-corrected chi connectivity index (χ0v) is 7.58. The summed E-state index contributed by atoms with van der Waals surface area (Å²) in [4.78, 5) is 24.2. The van der Waals surface area contributed by atoms with Crippen molar-refractivity contribution in [1.29, 1.82) is 0 Å². The molecule has 0 rings (SSSR count). The molecule has 1 atom stereocenters. The van der Waals surface area contributed by atoms with Gasteiger partial charge in [0.15, 0.2) is 0 Å². The Morgan fingerprint density at radius 3 is 2.69 bits per heavy atom. The molecule has 0 saturated carbocycles. The second kappa shape index (κ2) is 6.14. The van der Waals surface area contributed by atoms with Crippen LogP contribution < -0.4 is 0 Å². The predicted octanol–water partition coefficient (Wildman–Crippen LogP) is 1.03. The highest BCUT2D eigenvalue weighted by Gasteiger charge is 2.08. The van der Waals surface area contributed by atoms with Gasteiger partial charge in [-0.05, 0) is 13.3 Å². The number of aliphatic imine (C=N–C) groups is 1. The average Bonchev–Trinajstić information content (AvgIpc) is 2.11. The largest absolute Gasteiger partial charge is 0.460 e. The molecule has 0 bridgehead atoms. The molecular formula is C9H12NO3. The number of esters is 1. The van der Waals surface area contributed by atoms with Gasteiger partial charge in [0, 0.05) is 5.57 Å². The van der Waals surface area contributed by atoms with Crippen LogP contribution >= 0.6 is 0 Å². The molecule has 0 fully saturated rings. The standard InChI is InChI=1S/C9H12NO3/c1-4-8(10-6-11)5-13-9(12)7(2)3/h8H,1-2,4-5H2,3H3. The van der Waals surface area contributed by atoms with E-state index in [4.69, 9.17) is 4.74 Å². The van der Waals surface area contributed by atoms with Crippen molar-refractivity contribution in [2.45, 2.75) is 19.4 Å². The van der Waals surface area contributed by atoms with Crippen molar-refractivity contribution < 1.29 is 14.3 Å². The fourth-order valence-electron chi connectivity index (χ4n) is 0.555. The van der Waals surface area contributed by atoms with E-state index in [1.165, 1.54) is 6.08 Å². The lowest BCUT2D eigenvalue weighted by molar-refractivity contribution is -0.139. The van der Waals surface area contributed by atoms with Gasteiger partial charge < -0.3 is 4.74 Å². The average molecular weight is 182 g/mol. The second-order valence-corrected chi connectivity index (χ2v) is 2.54. The van der Waals surface area contributed by atoms with Gasteiger partial charge in [-0.1, -0.05) is 13.5 Å². The molecule has 71 valence electrons. The van der Waals surface area contributed by atoms with E-state index in [-0.39, 0.29) is 6.61 Å². The maximum atomic E-state index is 10.9. The smallest absolute Gasteiger partial charge is 0.333 e. The highest BCUT2D eigenvalue weighted by atomic mass is 16.5. The van der Waals surface area contributed by atoms with Crippen LogP contribution in [0, 0.1) is 6.92 Å². The van der Waals surface area contributed by atoms with Gasteiger partial charge in [-0.15, -0.1) is 0 Å². The van der Waals surface area contributed by atoms with E-state index in [1.54, 1.807) is 6.92 Å². The quantitative estimate of drug-likeness (QED) is 0.276. The van der Waals surface area contributed by atoms with Crippen LogP contribution in [0.1, 0.15) is 13.3 Å². The number of nitrogens with zero attached hydrogens (tertiary/aromatic N) is 1. The molecule has 0 aliphatic heterocycles. The normalized spacial score (nSPS) is 11.2. The lowest BCUT2D eigenvalue weighted by Crippen LogP contribution is -2.16. The number of hydrogen-bond donors (Lipinski definition) is 0. The molecule has 0 N–H and O–H groups in total. The Hall–Kier alpha value is -1.41. The molecule has 0 saturated heterocycles. The van der Waals surface area contributed by atoms with E-state index in [0.717, 1.165) is 0 Å². The lowest BCUT2D eigenvalue weighted by atomic mass is 10.2. The molecule has 0 aliphatic carbocycles. The highest BCUT2D eigenvalue weighted by molar-refractivity contribution is 5.86. The van der Waals surface area contributed by atoms with Crippen molar-refractivity contribution in [3.05, 3.63) is 19.1 Å². The van der Waals surface area contributed by atoms with Crippen molar-refractivity contribution in [3.8, 4) is 0 Å². The number of carbonyl (C=O) groups is 1. The minimum Gasteiger partial charge on any atom is -0.460 e. The van der Waals surface area contributed by atoms with Crippen molar-refractivity contribution >= 4 is 12.0 Å². The summed E-state index contributed by atoms with van der Waals surface area (Å²) in [7, 11) is 0. The zero-order valence-electron chi connectivity index (χ0n) is 7.58.